The second kappa shape index (κ2) is 6.87. The highest BCUT2D eigenvalue weighted by atomic mass is 35.5. The number of hydrogen-bond acceptors (Lipinski definition) is 5. The van der Waals surface area contributed by atoms with Crippen LogP contribution in [0.5, 0.6) is 0 Å². The Labute approximate surface area is 157 Å². The van der Waals surface area contributed by atoms with Gasteiger partial charge < -0.3 is 15.4 Å². The van der Waals surface area contributed by atoms with Crippen LogP contribution < -0.4 is 5.32 Å². The van der Waals surface area contributed by atoms with Crippen molar-refractivity contribution in [1.29, 1.82) is 0 Å². The SMILES string of the molecule is O=C(Nc1ccc2nc(-c3cscn3)[nH]c2c1)[C@@H](O)c1ccc(Cl)cc1. The number of aliphatic hydroxyl groups excluding tert-OH is 1. The number of thiazole rings is 1. The molecule has 26 heavy (non-hydrogen) atoms. The molecular weight excluding hydrogens is 372 g/mol. The first-order valence-corrected chi connectivity index (χ1v) is 9.05. The molecule has 0 saturated carbocycles. The van der Waals surface area contributed by atoms with Crippen LogP contribution in [0.1, 0.15) is 11.7 Å². The number of aromatic amines is 1. The summed E-state index contributed by atoms with van der Waals surface area (Å²) in [5.74, 6) is 0.150. The number of aromatic nitrogens is 3. The number of aliphatic hydroxyl groups is 1. The Morgan fingerprint density at radius 2 is 2.04 bits per heavy atom. The molecule has 8 heteroatoms. The molecule has 4 aromatic rings. The fraction of sp³-hybridized carbons (Fsp3) is 0.0556. The standard InChI is InChI=1S/C18H13ClN4O2S/c19-11-3-1-10(2-4-11)16(24)18(25)21-12-5-6-13-14(7-12)23-17(22-13)15-8-26-9-20-15/h1-9,16,24H,(H,21,25)(H,22,23)/t16-/m0/s1. The number of benzene rings is 2. The van der Waals surface area contributed by atoms with Crippen molar-refractivity contribution in [2.75, 3.05) is 5.32 Å². The molecule has 0 aliphatic heterocycles. The smallest absolute Gasteiger partial charge is 0.257 e. The van der Waals surface area contributed by atoms with E-state index in [1.54, 1.807) is 48.0 Å². The van der Waals surface area contributed by atoms with E-state index < -0.39 is 12.0 Å². The topological polar surface area (TPSA) is 90.9 Å². The Balaban J connectivity index is 1.55. The zero-order valence-corrected chi connectivity index (χ0v) is 14.9. The van der Waals surface area contributed by atoms with Crippen molar-refractivity contribution in [2.45, 2.75) is 6.10 Å². The van der Waals surface area contributed by atoms with Crippen molar-refractivity contribution in [3.05, 3.63) is 63.9 Å². The number of amides is 1. The number of nitrogens with zero attached hydrogens (tertiary/aromatic N) is 2. The Morgan fingerprint density at radius 3 is 2.77 bits per heavy atom. The first-order valence-electron chi connectivity index (χ1n) is 7.73. The molecule has 1 atom stereocenters. The third-order valence-electron chi connectivity index (χ3n) is 3.86. The summed E-state index contributed by atoms with van der Waals surface area (Å²) in [6.45, 7) is 0. The summed E-state index contributed by atoms with van der Waals surface area (Å²) in [5.41, 5.74) is 5.09. The maximum absolute atomic E-state index is 12.3. The molecule has 0 unspecified atom stereocenters. The Bertz CT molecular complexity index is 1060. The number of hydrogen-bond donors (Lipinski definition) is 3. The summed E-state index contributed by atoms with van der Waals surface area (Å²) in [4.78, 5) is 24.2. The van der Waals surface area contributed by atoms with Gasteiger partial charge in [0.25, 0.3) is 5.91 Å². The van der Waals surface area contributed by atoms with E-state index in [1.165, 1.54) is 11.3 Å². The summed E-state index contributed by atoms with van der Waals surface area (Å²) in [6, 6.07) is 11.8. The van der Waals surface area contributed by atoms with E-state index in [2.05, 4.69) is 20.3 Å². The third kappa shape index (κ3) is 3.32. The molecule has 6 nitrogen and oxygen atoms in total. The molecule has 0 spiro atoms. The maximum Gasteiger partial charge on any atom is 0.257 e. The van der Waals surface area contributed by atoms with E-state index in [0.717, 1.165) is 16.7 Å². The normalized spacial score (nSPS) is 12.2. The molecule has 0 saturated heterocycles. The van der Waals surface area contributed by atoms with Crippen LogP contribution in [0.4, 0.5) is 5.69 Å². The van der Waals surface area contributed by atoms with Crippen LogP contribution in [0.15, 0.2) is 53.4 Å². The van der Waals surface area contributed by atoms with Gasteiger partial charge in [-0.25, -0.2) is 9.97 Å². The van der Waals surface area contributed by atoms with Crippen LogP contribution in [0.2, 0.25) is 5.02 Å². The molecule has 2 aromatic carbocycles. The lowest BCUT2D eigenvalue weighted by Crippen LogP contribution is -2.20. The lowest BCUT2D eigenvalue weighted by molar-refractivity contribution is -0.124. The summed E-state index contributed by atoms with van der Waals surface area (Å²) in [6.07, 6.45) is -1.28. The summed E-state index contributed by atoms with van der Waals surface area (Å²) in [5, 5.41) is 15.4. The summed E-state index contributed by atoms with van der Waals surface area (Å²) >= 11 is 7.32. The number of nitrogens with one attached hydrogen (secondary N) is 2. The molecule has 0 radical (unpaired) electrons. The molecular formula is C18H13ClN4O2S. The monoisotopic (exact) mass is 384 g/mol. The van der Waals surface area contributed by atoms with Gasteiger partial charge in [-0.05, 0) is 35.9 Å². The minimum Gasteiger partial charge on any atom is -0.378 e. The number of imidazole rings is 1. The summed E-state index contributed by atoms with van der Waals surface area (Å²) in [7, 11) is 0. The number of anilines is 1. The van der Waals surface area contributed by atoms with Crippen molar-refractivity contribution < 1.29 is 9.90 Å². The molecule has 0 fully saturated rings. The lowest BCUT2D eigenvalue weighted by atomic mass is 10.1. The van der Waals surface area contributed by atoms with Gasteiger partial charge in [-0.2, -0.15) is 0 Å². The Kier molecular flexibility index (Phi) is 4.42. The molecule has 0 aliphatic rings. The molecule has 2 aromatic heterocycles. The van der Waals surface area contributed by atoms with Crippen LogP contribution in [0, 0.1) is 0 Å². The lowest BCUT2D eigenvalue weighted by Gasteiger charge is -2.11. The van der Waals surface area contributed by atoms with Gasteiger partial charge in [-0.1, -0.05) is 23.7 Å². The predicted octanol–water partition coefficient (Wildman–Crippen LogP) is 4.01. The number of fused-ring (bicyclic) bond motifs is 1. The van der Waals surface area contributed by atoms with Crippen LogP contribution in [-0.2, 0) is 4.79 Å². The van der Waals surface area contributed by atoms with Crippen LogP contribution in [0.25, 0.3) is 22.6 Å². The van der Waals surface area contributed by atoms with Gasteiger partial charge in [0.1, 0.15) is 5.69 Å². The van der Waals surface area contributed by atoms with Crippen molar-refractivity contribution in [3.63, 3.8) is 0 Å². The van der Waals surface area contributed by atoms with Crippen molar-refractivity contribution in [2.24, 2.45) is 0 Å². The van der Waals surface area contributed by atoms with Gasteiger partial charge in [0.2, 0.25) is 0 Å². The number of carbonyl (C=O) groups excluding carboxylic acids is 1. The van der Waals surface area contributed by atoms with E-state index in [9.17, 15) is 9.90 Å². The molecule has 4 rings (SSSR count). The zero-order valence-electron chi connectivity index (χ0n) is 13.3. The highest BCUT2D eigenvalue weighted by Crippen LogP contribution is 2.24. The van der Waals surface area contributed by atoms with Crippen LogP contribution >= 0.6 is 22.9 Å². The molecule has 1 amide bonds. The molecule has 130 valence electrons. The maximum atomic E-state index is 12.3. The van der Waals surface area contributed by atoms with Gasteiger partial charge >= 0.3 is 0 Å². The van der Waals surface area contributed by atoms with Gasteiger partial charge in [0, 0.05) is 16.1 Å². The van der Waals surface area contributed by atoms with E-state index in [4.69, 9.17) is 11.6 Å². The first-order chi connectivity index (χ1) is 12.6. The Morgan fingerprint density at radius 1 is 1.23 bits per heavy atom. The van der Waals surface area contributed by atoms with E-state index in [0.29, 0.717) is 22.1 Å². The first kappa shape index (κ1) is 16.7. The molecule has 0 bridgehead atoms. The van der Waals surface area contributed by atoms with Gasteiger partial charge in [-0.3, -0.25) is 4.79 Å². The number of H-pyrrole nitrogens is 1. The van der Waals surface area contributed by atoms with Crippen molar-refractivity contribution in [3.8, 4) is 11.5 Å². The fourth-order valence-corrected chi connectivity index (χ4v) is 3.21. The summed E-state index contributed by atoms with van der Waals surface area (Å²) < 4.78 is 0. The van der Waals surface area contributed by atoms with E-state index in [1.807, 2.05) is 5.38 Å². The highest BCUT2D eigenvalue weighted by molar-refractivity contribution is 7.07. The number of carbonyl (C=O) groups is 1. The second-order valence-corrected chi connectivity index (χ2v) is 6.79. The van der Waals surface area contributed by atoms with E-state index >= 15 is 0 Å². The van der Waals surface area contributed by atoms with Gasteiger partial charge in [-0.15, -0.1) is 11.3 Å². The molecule has 3 N–H and O–H groups in total. The second-order valence-electron chi connectivity index (χ2n) is 5.63. The molecule has 0 aliphatic carbocycles. The number of halogens is 1. The van der Waals surface area contributed by atoms with Gasteiger partial charge in [0.05, 0.1) is 16.5 Å². The number of rotatable bonds is 4. The largest absolute Gasteiger partial charge is 0.378 e. The van der Waals surface area contributed by atoms with Crippen LogP contribution in [-0.4, -0.2) is 26.0 Å². The predicted molar refractivity (Wildman–Crippen MR) is 102 cm³/mol. The average molecular weight is 385 g/mol. The quantitative estimate of drug-likeness (QED) is 0.495. The van der Waals surface area contributed by atoms with Crippen molar-refractivity contribution in [1.82, 2.24) is 15.0 Å². The molecule has 2 heterocycles. The van der Waals surface area contributed by atoms with Gasteiger partial charge in [0.15, 0.2) is 11.9 Å². The highest BCUT2D eigenvalue weighted by Gasteiger charge is 2.18. The van der Waals surface area contributed by atoms with Crippen molar-refractivity contribution >= 4 is 45.6 Å². The van der Waals surface area contributed by atoms with E-state index in [-0.39, 0.29) is 0 Å². The Hall–Kier alpha value is -2.74. The fourth-order valence-electron chi connectivity index (χ4n) is 2.55. The minimum atomic E-state index is -1.28. The minimum absolute atomic E-state index is 0.473. The zero-order chi connectivity index (χ0) is 18.1. The average Bonchev–Trinajstić information content (AvgIpc) is 3.30. The van der Waals surface area contributed by atoms with Crippen LogP contribution in [0.3, 0.4) is 0 Å². The third-order valence-corrected chi connectivity index (χ3v) is 4.70.